The van der Waals surface area contributed by atoms with E-state index in [0.29, 0.717) is 6.04 Å². The molecule has 0 aliphatic heterocycles. The Morgan fingerprint density at radius 3 is 3.14 bits per heavy atom. The fraction of sp³-hybridized carbons (Fsp3) is 0.364. The minimum Gasteiger partial charge on any atom is -0.345 e. The van der Waals surface area contributed by atoms with Gasteiger partial charge in [-0.2, -0.15) is 0 Å². The van der Waals surface area contributed by atoms with Gasteiger partial charge in [0, 0.05) is 25.0 Å². The molecule has 2 aromatic rings. The third-order valence-electron chi connectivity index (χ3n) is 2.50. The van der Waals surface area contributed by atoms with E-state index in [1.54, 1.807) is 0 Å². The third kappa shape index (κ3) is 1.63. The van der Waals surface area contributed by atoms with Crippen LogP contribution in [0.25, 0.3) is 11.0 Å². The first-order valence-electron chi connectivity index (χ1n) is 4.88. The van der Waals surface area contributed by atoms with Crippen LogP contribution in [0.15, 0.2) is 30.6 Å². The van der Waals surface area contributed by atoms with Crippen molar-refractivity contribution in [2.45, 2.75) is 19.5 Å². The largest absolute Gasteiger partial charge is 0.345 e. The van der Waals surface area contributed by atoms with E-state index >= 15 is 0 Å². The number of nitrogens with zero attached hydrogens (tertiary/aromatic N) is 2. The SMILES string of the molecule is CNC(C)Cn1ccc2ncccc21. The molecule has 0 fully saturated rings. The molecule has 0 aliphatic rings. The Labute approximate surface area is 83.8 Å². The second kappa shape index (κ2) is 3.80. The van der Waals surface area contributed by atoms with Gasteiger partial charge in [0.25, 0.3) is 0 Å². The lowest BCUT2D eigenvalue weighted by Gasteiger charge is -2.11. The Bertz CT molecular complexity index is 419. The summed E-state index contributed by atoms with van der Waals surface area (Å²) >= 11 is 0. The fourth-order valence-corrected chi connectivity index (χ4v) is 1.57. The maximum atomic E-state index is 4.29. The Kier molecular flexibility index (Phi) is 2.50. The summed E-state index contributed by atoms with van der Waals surface area (Å²) in [7, 11) is 1.98. The Balaban J connectivity index is 2.33. The predicted octanol–water partition coefficient (Wildman–Crippen LogP) is 1.64. The van der Waals surface area contributed by atoms with Gasteiger partial charge in [-0.05, 0) is 32.2 Å². The van der Waals surface area contributed by atoms with Crippen LogP contribution in [0.3, 0.4) is 0 Å². The van der Waals surface area contributed by atoms with Crippen molar-refractivity contribution in [2.24, 2.45) is 0 Å². The number of aromatic nitrogens is 2. The Morgan fingerprint density at radius 2 is 2.36 bits per heavy atom. The lowest BCUT2D eigenvalue weighted by Crippen LogP contribution is -2.26. The quantitative estimate of drug-likeness (QED) is 0.795. The zero-order valence-electron chi connectivity index (χ0n) is 8.57. The highest BCUT2D eigenvalue weighted by Crippen LogP contribution is 2.12. The van der Waals surface area contributed by atoms with E-state index in [-0.39, 0.29) is 0 Å². The fourth-order valence-electron chi connectivity index (χ4n) is 1.57. The van der Waals surface area contributed by atoms with Gasteiger partial charge >= 0.3 is 0 Å². The van der Waals surface area contributed by atoms with Gasteiger partial charge in [-0.25, -0.2) is 0 Å². The number of rotatable bonds is 3. The van der Waals surface area contributed by atoms with Gasteiger partial charge in [-0.1, -0.05) is 0 Å². The van der Waals surface area contributed by atoms with Crippen LogP contribution in [-0.4, -0.2) is 22.6 Å². The topological polar surface area (TPSA) is 29.9 Å². The highest BCUT2D eigenvalue weighted by atomic mass is 15.0. The van der Waals surface area contributed by atoms with E-state index in [0.717, 1.165) is 12.1 Å². The minimum atomic E-state index is 0.478. The van der Waals surface area contributed by atoms with Crippen molar-refractivity contribution in [3.05, 3.63) is 30.6 Å². The van der Waals surface area contributed by atoms with Crippen LogP contribution < -0.4 is 5.32 Å². The maximum Gasteiger partial charge on any atom is 0.0880 e. The van der Waals surface area contributed by atoms with E-state index in [9.17, 15) is 0 Å². The molecule has 1 atom stereocenters. The van der Waals surface area contributed by atoms with Crippen LogP contribution in [0.1, 0.15) is 6.92 Å². The molecular formula is C11H15N3. The van der Waals surface area contributed by atoms with Crippen LogP contribution in [0, 0.1) is 0 Å². The van der Waals surface area contributed by atoms with Crippen LogP contribution in [0.5, 0.6) is 0 Å². The standard InChI is InChI=1S/C11H15N3/c1-9(12-2)8-14-7-5-10-11(14)4-3-6-13-10/h3-7,9,12H,8H2,1-2H3. The number of nitrogens with one attached hydrogen (secondary N) is 1. The van der Waals surface area contributed by atoms with Gasteiger partial charge in [-0.15, -0.1) is 0 Å². The van der Waals surface area contributed by atoms with Crippen molar-refractivity contribution in [3.63, 3.8) is 0 Å². The molecule has 1 unspecified atom stereocenters. The molecular weight excluding hydrogens is 174 g/mol. The first kappa shape index (κ1) is 9.21. The van der Waals surface area contributed by atoms with Gasteiger partial charge < -0.3 is 9.88 Å². The van der Waals surface area contributed by atoms with E-state index in [2.05, 4.69) is 40.1 Å². The Morgan fingerprint density at radius 1 is 1.50 bits per heavy atom. The van der Waals surface area contributed by atoms with Gasteiger partial charge in [0.1, 0.15) is 0 Å². The summed E-state index contributed by atoms with van der Waals surface area (Å²) in [5.41, 5.74) is 2.27. The zero-order valence-corrected chi connectivity index (χ0v) is 8.57. The van der Waals surface area contributed by atoms with Crippen molar-refractivity contribution in [3.8, 4) is 0 Å². The minimum absolute atomic E-state index is 0.478. The zero-order chi connectivity index (χ0) is 9.97. The van der Waals surface area contributed by atoms with Crippen molar-refractivity contribution >= 4 is 11.0 Å². The molecule has 2 heterocycles. The molecule has 3 heteroatoms. The summed E-state index contributed by atoms with van der Waals surface area (Å²) in [6, 6.07) is 6.61. The highest BCUT2D eigenvalue weighted by molar-refractivity contribution is 5.75. The second-order valence-corrected chi connectivity index (χ2v) is 3.57. The monoisotopic (exact) mass is 189 g/mol. The normalized spacial score (nSPS) is 13.3. The molecule has 0 amide bonds. The average Bonchev–Trinajstić information content (AvgIpc) is 2.62. The van der Waals surface area contributed by atoms with E-state index < -0.39 is 0 Å². The second-order valence-electron chi connectivity index (χ2n) is 3.57. The summed E-state index contributed by atoms with van der Waals surface area (Å²) < 4.78 is 2.23. The molecule has 1 N–H and O–H groups in total. The lowest BCUT2D eigenvalue weighted by molar-refractivity contribution is 0.525. The molecule has 3 nitrogen and oxygen atoms in total. The number of pyridine rings is 1. The van der Waals surface area contributed by atoms with E-state index in [4.69, 9.17) is 0 Å². The molecule has 0 radical (unpaired) electrons. The van der Waals surface area contributed by atoms with Crippen molar-refractivity contribution in [1.82, 2.24) is 14.9 Å². The van der Waals surface area contributed by atoms with Crippen LogP contribution >= 0.6 is 0 Å². The molecule has 2 rings (SSSR count). The third-order valence-corrected chi connectivity index (χ3v) is 2.50. The average molecular weight is 189 g/mol. The summed E-state index contributed by atoms with van der Waals surface area (Å²) in [5, 5.41) is 3.23. The lowest BCUT2D eigenvalue weighted by atomic mass is 10.3. The highest BCUT2D eigenvalue weighted by Gasteiger charge is 2.03. The summed E-state index contributed by atoms with van der Waals surface area (Å²) in [6.45, 7) is 3.15. The number of hydrogen-bond donors (Lipinski definition) is 1. The molecule has 0 saturated heterocycles. The van der Waals surface area contributed by atoms with E-state index in [1.807, 2.05) is 19.3 Å². The predicted molar refractivity (Wildman–Crippen MR) is 58.3 cm³/mol. The number of fused-ring (bicyclic) bond motifs is 1. The van der Waals surface area contributed by atoms with Crippen LogP contribution in [-0.2, 0) is 6.54 Å². The first-order chi connectivity index (χ1) is 6.81. The molecule has 0 aliphatic carbocycles. The first-order valence-corrected chi connectivity index (χ1v) is 4.88. The molecule has 14 heavy (non-hydrogen) atoms. The number of hydrogen-bond acceptors (Lipinski definition) is 2. The molecule has 2 aromatic heterocycles. The molecule has 74 valence electrons. The van der Waals surface area contributed by atoms with Crippen LogP contribution in [0.2, 0.25) is 0 Å². The van der Waals surface area contributed by atoms with Gasteiger partial charge in [-0.3, -0.25) is 4.98 Å². The van der Waals surface area contributed by atoms with Crippen LogP contribution in [0.4, 0.5) is 0 Å². The number of likely N-dealkylation sites (N-methyl/N-ethyl adjacent to an activating group) is 1. The van der Waals surface area contributed by atoms with Crippen molar-refractivity contribution in [1.29, 1.82) is 0 Å². The Hall–Kier alpha value is -1.35. The molecule has 0 bridgehead atoms. The smallest absolute Gasteiger partial charge is 0.0880 e. The molecule has 0 spiro atoms. The molecule has 0 aromatic carbocycles. The summed E-state index contributed by atoms with van der Waals surface area (Å²) in [4.78, 5) is 4.29. The van der Waals surface area contributed by atoms with Gasteiger partial charge in [0.05, 0.1) is 11.0 Å². The van der Waals surface area contributed by atoms with Gasteiger partial charge in [0.15, 0.2) is 0 Å². The summed E-state index contributed by atoms with van der Waals surface area (Å²) in [5.74, 6) is 0. The van der Waals surface area contributed by atoms with Crippen molar-refractivity contribution < 1.29 is 0 Å². The molecule has 0 saturated carbocycles. The summed E-state index contributed by atoms with van der Waals surface area (Å²) in [6.07, 6.45) is 3.92. The van der Waals surface area contributed by atoms with Crippen molar-refractivity contribution in [2.75, 3.05) is 7.05 Å². The maximum absolute atomic E-state index is 4.29. The van der Waals surface area contributed by atoms with E-state index in [1.165, 1.54) is 5.52 Å². The van der Waals surface area contributed by atoms with Gasteiger partial charge in [0.2, 0.25) is 0 Å².